The monoisotopic (exact) mass is 384 g/mol. The molecule has 5 N–H and O–H groups in total. The van der Waals surface area contributed by atoms with Crippen LogP contribution < -0.4 is 0 Å². The summed E-state index contributed by atoms with van der Waals surface area (Å²) in [6.45, 7) is 0.617. The van der Waals surface area contributed by atoms with Gasteiger partial charge >= 0.3 is 11.9 Å². The summed E-state index contributed by atoms with van der Waals surface area (Å²) in [5, 5.41) is 47.7. The Bertz CT molecular complexity index is 716. The van der Waals surface area contributed by atoms with E-state index < -0.39 is 49.3 Å². The molecule has 1 aliphatic rings. The number of esters is 2. The lowest BCUT2D eigenvalue weighted by atomic mass is 9.99. The van der Waals surface area contributed by atoms with E-state index in [1.807, 2.05) is 0 Å². The summed E-state index contributed by atoms with van der Waals surface area (Å²) in [6.07, 6.45) is -5.24. The van der Waals surface area contributed by atoms with Crippen LogP contribution in [0.1, 0.15) is 12.5 Å². The summed E-state index contributed by atoms with van der Waals surface area (Å²) in [6, 6.07) is 3.93. The van der Waals surface area contributed by atoms with E-state index in [4.69, 9.17) is 14.2 Å². The van der Waals surface area contributed by atoms with Gasteiger partial charge in [-0.1, -0.05) is 6.07 Å². The van der Waals surface area contributed by atoms with Gasteiger partial charge in [0.25, 0.3) is 0 Å². The molecule has 0 aromatic heterocycles. The van der Waals surface area contributed by atoms with Gasteiger partial charge in [0.15, 0.2) is 23.9 Å². The molecule has 1 heterocycles. The van der Waals surface area contributed by atoms with Crippen molar-refractivity contribution in [1.82, 2.24) is 0 Å². The first-order valence-electron chi connectivity index (χ1n) is 7.92. The fourth-order valence-electron chi connectivity index (χ4n) is 2.41. The van der Waals surface area contributed by atoms with E-state index in [0.29, 0.717) is 5.56 Å². The molecule has 0 radical (unpaired) electrons. The second-order valence-electron chi connectivity index (χ2n) is 5.83. The summed E-state index contributed by atoms with van der Waals surface area (Å²) in [5.41, 5.74) is 0.419. The van der Waals surface area contributed by atoms with Crippen molar-refractivity contribution < 1.29 is 49.3 Å². The van der Waals surface area contributed by atoms with E-state index >= 15 is 0 Å². The van der Waals surface area contributed by atoms with Gasteiger partial charge in [-0.2, -0.15) is 0 Å². The van der Waals surface area contributed by atoms with Crippen LogP contribution in [-0.2, 0) is 23.8 Å². The number of benzene rings is 1. The van der Waals surface area contributed by atoms with Crippen molar-refractivity contribution in [1.29, 1.82) is 0 Å². The van der Waals surface area contributed by atoms with Crippen LogP contribution in [0.5, 0.6) is 11.5 Å². The molecule has 2 rings (SSSR count). The standard InChI is InChI=1S/C17H20O10/c1-8(18)26-16-12(27-17(24)15(23)14(16)22)7-25-13(21)5-3-9-2-4-10(19)11(20)6-9/h2-6,12,14-17,19-20,22-24H,7H2,1H3/b5-3+/t12-,14-,15-,16-,17-/m1/s1. The number of hydrogen-bond acceptors (Lipinski definition) is 10. The Morgan fingerprint density at radius 1 is 1.15 bits per heavy atom. The van der Waals surface area contributed by atoms with E-state index in [-0.39, 0.29) is 11.5 Å². The lowest BCUT2D eigenvalue weighted by Crippen LogP contribution is -2.60. The first kappa shape index (κ1) is 20.6. The van der Waals surface area contributed by atoms with Crippen LogP contribution in [-0.4, -0.2) is 74.8 Å². The highest BCUT2D eigenvalue weighted by Gasteiger charge is 2.46. The smallest absolute Gasteiger partial charge is 0.330 e. The molecule has 0 saturated carbocycles. The average molecular weight is 384 g/mol. The number of aliphatic hydroxyl groups excluding tert-OH is 3. The third-order valence-electron chi connectivity index (χ3n) is 3.76. The number of aliphatic hydroxyl groups is 3. The van der Waals surface area contributed by atoms with Crippen LogP contribution in [0.25, 0.3) is 6.08 Å². The predicted octanol–water partition coefficient (Wildman–Crippen LogP) is -0.975. The van der Waals surface area contributed by atoms with Gasteiger partial charge in [-0.05, 0) is 23.8 Å². The van der Waals surface area contributed by atoms with E-state index in [0.717, 1.165) is 13.0 Å². The van der Waals surface area contributed by atoms with E-state index in [9.17, 15) is 35.1 Å². The first-order chi connectivity index (χ1) is 12.7. The van der Waals surface area contributed by atoms with Crippen LogP contribution in [0.4, 0.5) is 0 Å². The van der Waals surface area contributed by atoms with Crippen molar-refractivity contribution in [3.63, 3.8) is 0 Å². The number of carbonyl (C=O) groups is 2. The van der Waals surface area contributed by atoms with Gasteiger partial charge in [0.1, 0.15) is 24.9 Å². The summed E-state index contributed by atoms with van der Waals surface area (Å²) in [7, 11) is 0. The number of aromatic hydroxyl groups is 2. The van der Waals surface area contributed by atoms with E-state index in [1.54, 1.807) is 0 Å². The lowest BCUT2D eigenvalue weighted by molar-refractivity contribution is -0.290. The van der Waals surface area contributed by atoms with Gasteiger partial charge in [-0.25, -0.2) is 4.79 Å². The molecule has 0 aliphatic carbocycles. The van der Waals surface area contributed by atoms with Crippen LogP contribution in [0.15, 0.2) is 24.3 Å². The molecule has 0 amide bonds. The summed E-state index contributed by atoms with van der Waals surface area (Å²) >= 11 is 0. The fourth-order valence-corrected chi connectivity index (χ4v) is 2.41. The topological polar surface area (TPSA) is 163 Å². The molecule has 10 nitrogen and oxygen atoms in total. The Labute approximate surface area is 153 Å². The van der Waals surface area contributed by atoms with Crippen molar-refractivity contribution in [3.05, 3.63) is 29.8 Å². The maximum absolute atomic E-state index is 11.8. The highest BCUT2D eigenvalue weighted by atomic mass is 16.7. The second-order valence-corrected chi connectivity index (χ2v) is 5.83. The normalized spacial score (nSPS) is 28.1. The Hall–Kier alpha value is -2.66. The van der Waals surface area contributed by atoms with Gasteiger partial charge in [-0.15, -0.1) is 0 Å². The Balaban J connectivity index is 1.97. The molecule has 1 aromatic carbocycles. The number of phenolic OH excluding ortho intramolecular Hbond substituents is 2. The number of phenols is 2. The molecule has 148 valence electrons. The highest BCUT2D eigenvalue weighted by molar-refractivity contribution is 5.87. The molecular formula is C17H20O10. The molecule has 5 atom stereocenters. The Morgan fingerprint density at radius 3 is 2.48 bits per heavy atom. The van der Waals surface area contributed by atoms with Crippen molar-refractivity contribution in [2.45, 2.75) is 37.6 Å². The maximum atomic E-state index is 11.8. The van der Waals surface area contributed by atoms with Crippen LogP contribution in [0.2, 0.25) is 0 Å². The zero-order valence-corrected chi connectivity index (χ0v) is 14.3. The van der Waals surface area contributed by atoms with Gasteiger partial charge in [0.05, 0.1) is 0 Å². The molecule has 1 aromatic rings. The van der Waals surface area contributed by atoms with Crippen molar-refractivity contribution >= 4 is 18.0 Å². The molecule has 1 aliphatic heterocycles. The van der Waals surface area contributed by atoms with Crippen LogP contribution >= 0.6 is 0 Å². The lowest BCUT2D eigenvalue weighted by Gasteiger charge is -2.39. The van der Waals surface area contributed by atoms with E-state index in [2.05, 4.69) is 0 Å². The quantitative estimate of drug-likeness (QED) is 0.242. The zero-order valence-electron chi connectivity index (χ0n) is 14.3. The van der Waals surface area contributed by atoms with Crippen molar-refractivity contribution in [2.75, 3.05) is 6.61 Å². The summed E-state index contributed by atoms with van der Waals surface area (Å²) < 4.78 is 14.8. The molecule has 10 heteroatoms. The third kappa shape index (κ3) is 5.41. The minimum absolute atomic E-state index is 0.306. The summed E-state index contributed by atoms with van der Waals surface area (Å²) in [4.78, 5) is 23.0. The molecule has 1 saturated heterocycles. The van der Waals surface area contributed by atoms with Gasteiger partial charge in [-0.3, -0.25) is 4.79 Å². The number of hydrogen-bond donors (Lipinski definition) is 5. The SMILES string of the molecule is CC(=O)O[C@H]1[C@H](O)[C@@H](O)[C@H](O)O[C@@H]1COC(=O)/C=C/c1ccc(O)c(O)c1. The maximum Gasteiger partial charge on any atom is 0.330 e. The minimum atomic E-state index is -1.74. The number of carbonyl (C=O) groups excluding carboxylic acids is 2. The fraction of sp³-hybridized carbons (Fsp3) is 0.412. The van der Waals surface area contributed by atoms with Gasteiger partial charge < -0.3 is 39.7 Å². The molecule has 0 bridgehead atoms. The van der Waals surface area contributed by atoms with Crippen molar-refractivity contribution in [3.8, 4) is 11.5 Å². The van der Waals surface area contributed by atoms with Crippen molar-refractivity contribution in [2.24, 2.45) is 0 Å². The van der Waals surface area contributed by atoms with Crippen LogP contribution in [0.3, 0.4) is 0 Å². The number of rotatable bonds is 5. The average Bonchev–Trinajstić information content (AvgIpc) is 2.61. The largest absolute Gasteiger partial charge is 0.504 e. The minimum Gasteiger partial charge on any atom is -0.504 e. The molecule has 0 spiro atoms. The number of ether oxygens (including phenoxy) is 3. The first-order valence-corrected chi connectivity index (χ1v) is 7.92. The molecule has 0 unspecified atom stereocenters. The van der Waals surface area contributed by atoms with Gasteiger partial charge in [0.2, 0.25) is 0 Å². The zero-order chi connectivity index (χ0) is 20.1. The molecule has 27 heavy (non-hydrogen) atoms. The molecule has 1 fully saturated rings. The Kier molecular flexibility index (Phi) is 6.75. The highest BCUT2D eigenvalue weighted by Crippen LogP contribution is 2.25. The molecular weight excluding hydrogens is 364 g/mol. The summed E-state index contributed by atoms with van der Waals surface area (Å²) in [5.74, 6) is -2.23. The second kappa shape index (κ2) is 8.82. The third-order valence-corrected chi connectivity index (χ3v) is 3.76. The predicted molar refractivity (Wildman–Crippen MR) is 88.2 cm³/mol. The Morgan fingerprint density at radius 2 is 1.85 bits per heavy atom. The van der Waals surface area contributed by atoms with Crippen LogP contribution in [0, 0.1) is 0 Å². The van der Waals surface area contributed by atoms with E-state index in [1.165, 1.54) is 24.3 Å². The van der Waals surface area contributed by atoms with Gasteiger partial charge in [0, 0.05) is 13.0 Å².